The molecule has 6 heteroatoms. The Balaban J connectivity index is 2.48. The lowest BCUT2D eigenvalue weighted by molar-refractivity contribution is 0.0489. The minimum Gasteiger partial charge on any atom is -0.296 e. The maximum absolute atomic E-state index is 12.0. The lowest BCUT2D eigenvalue weighted by atomic mass is 9.88. The van der Waals surface area contributed by atoms with Gasteiger partial charge in [0.05, 0.1) is 11.8 Å². The second-order valence-corrected chi connectivity index (χ2v) is 9.35. The maximum Gasteiger partial charge on any atom is 0.211 e. The second kappa shape index (κ2) is 8.28. The standard InChI is InChI=1S/C16H31N3O2S/c1-14-10-15(2)12-19(11-14)16(3,4)13-18-22(20,21)9-7-5-6-8-17/h14-15,18H,5-7,9-13H2,1-4H3/t14-,15-/m1/s1. The summed E-state index contributed by atoms with van der Waals surface area (Å²) >= 11 is 0. The van der Waals surface area contributed by atoms with Crippen molar-refractivity contribution in [3.05, 3.63) is 0 Å². The molecule has 1 saturated heterocycles. The van der Waals surface area contributed by atoms with Gasteiger partial charge in [-0.2, -0.15) is 5.26 Å². The largest absolute Gasteiger partial charge is 0.296 e. The molecule has 0 aromatic heterocycles. The number of sulfonamides is 1. The van der Waals surface area contributed by atoms with E-state index in [2.05, 4.69) is 37.3 Å². The molecule has 0 bridgehead atoms. The van der Waals surface area contributed by atoms with Crippen LogP contribution in [0, 0.1) is 23.2 Å². The Kier molecular flexibility index (Phi) is 7.30. The molecule has 22 heavy (non-hydrogen) atoms. The van der Waals surface area contributed by atoms with E-state index < -0.39 is 10.0 Å². The molecule has 1 heterocycles. The van der Waals surface area contributed by atoms with E-state index in [1.807, 2.05) is 6.07 Å². The van der Waals surface area contributed by atoms with Crippen LogP contribution in [0.4, 0.5) is 0 Å². The van der Waals surface area contributed by atoms with Crippen molar-refractivity contribution in [1.82, 2.24) is 9.62 Å². The number of nitrogens with one attached hydrogen (secondary N) is 1. The third-order valence-electron chi connectivity index (χ3n) is 4.40. The number of hydrogen-bond acceptors (Lipinski definition) is 4. The van der Waals surface area contributed by atoms with Crippen LogP contribution < -0.4 is 4.72 Å². The number of piperidine rings is 1. The quantitative estimate of drug-likeness (QED) is 0.694. The molecule has 0 aromatic carbocycles. The average molecular weight is 330 g/mol. The highest BCUT2D eigenvalue weighted by Gasteiger charge is 2.33. The summed E-state index contributed by atoms with van der Waals surface area (Å²) in [7, 11) is -3.25. The predicted octanol–water partition coefficient (Wildman–Crippen LogP) is 2.36. The van der Waals surface area contributed by atoms with Gasteiger partial charge in [0.1, 0.15) is 0 Å². The molecule has 1 aliphatic heterocycles. The Bertz CT molecular complexity index is 472. The van der Waals surface area contributed by atoms with E-state index in [-0.39, 0.29) is 11.3 Å². The van der Waals surface area contributed by atoms with Crippen molar-refractivity contribution in [3.63, 3.8) is 0 Å². The first-order valence-electron chi connectivity index (χ1n) is 8.25. The molecule has 0 spiro atoms. The van der Waals surface area contributed by atoms with Crippen LogP contribution in [-0.4, -0.2) is 44.2 Å². The molecule has 2 atom stereocenters. The summed E-state index contributed by atoms with van der Waals surface area (Å²) in [5.41, 5.74) is -0.178. The van der Waals surface area contributed by atoms with Gasteiger partial charge < -0.3 is 0 Å². The molecule has 0 aliphatic carbocycles. The van der Waals surface area contributed by atoms with Gasteiger partial charge in [-0.1, -0.05) is 13.8 Å². The van der Waals surface area contributed by atoms with Crippen LogP contribution in [0.5, 0.6) is 0 Å². The van der Waals surface area contributed by atoms with Crippen molar-refractivity contribution in [1.29, 1.82) is 5.26 Å². The SMILES string of the molecule is C[C@@H]1C[C@@H](C)CN(C(C)(C)CNS(=O)(=O)CCCCC#N)C1. The van der Waals surface area contributed by atoms with Crippen molar-refractivity contribution in [2.45, 2.75) is 58.9 Å². The molecule has 5 nitrogen and oxygen atoms in total. The van der Waals surface area contributed by atoms with E-state index in [1.54, 1.807) is 0 Å². The van der Waals surface area contributed by atoms with Gasteiger partial charge in [0.2, 0.25) is 10.0 Å². The summed E-state index contributed by atoms with van der Waals surface area (Å²) in [4.78, 5) is 2.41. The van der Waals surface area contributed by atoms with Crippen molar-refractivity contribution in [3.8, 4) is 6.07 Å². The number of rotatable bonds is 8. The summed E-state index contributed by atoms with van der Waals surface area (Å²) in [5, 5.41) is 8.47. The molecular formula is C16H31N3O2S. The first kappa shape index (κ1) is 19.4. The lowest BCUT2D eigenvalue weighted by Gasteiger charge is -2.45. The zero-order valence-electron chi connectivity index (χ0n) is 14.4. The van der Waals surface area contributed by atoms with Crippen LogP contribution in [0.15, 0.2) is 0 Å². The van der Waals surface area contributed by atoms with Crippen LogP contribution in [0.2, 0.25) is 0 Å². The first-order valence-corrected chi connectivity index (χ1v) is 9.91. The average Bonchev–Trinajstić information content (AvgIpc) is 2.41. The van der Waals surface area contributed by atoms with Crippen LogP contribution in [0.1, 0.15) is 53.4 Å². The molecule has 1 N–H and O–H groups in total. The Morgan fingerprint density at radius 1 is 1.23 bits per heavy atom. The summed E-state index contributed by atoms with van der Waals surface area (Å²) in [6.45, 7) is 11.2. The summed E-state index contributed by atoms with van der Waals surface area (Å²) in [6.07, 6.45) is 2.85. The number of nitrogens with zero attached hydrogens (tertiary/aromatic N) is 2. The fraction of sp³-hybridized carbons (Fsp3) is 0.938. The number of unbranched alkanes of at least 4 members (excludes halogenated alkanes) is 2. The summed E-state index contributed by atoms with van der Waals surface area (Å²) < 4.78 is 26.8. The fourth-order valence-electron chi connectivity index (χ4n) is 3.12. The van der Waals surface area contributed by atoms with Crippen molar-refractivity contribution >= 4 is 10.0 Å². The fourth-order valence-corrected chi connectivity index (χ4v) is 4.43. The second-order valence-electron chi connectivity index (χ2n) is 7.42. The monoisotopic (exact) mass is 329 g/mol. The van der Waals surface area contributed by atoms with Gasteiger partial charge in [0.25, 0.3) is 0 Å². The molecule has 1 rings (SSSR count). The van der Waals surface area contributed by atoms with E-state index in [0.29, 0.717) is 37.6 Å². The van der Waals surface area contributed by atoms with Gasteiger partial charge in [-0.15, -0.1) is 0 Å². The van der Waals surface area contributed by atoms with Crippen molar-refractivity contribution in [2.24, 2.45) is 11.8 Å². The molecule has 0 saturated carbocycles. The first-order chi connectivity index (χ1) is 10.2. The van der Waals surface area contributed by atoms with E-state index >= 15 is 0 Å². The smallest absolute Gasteiger partial charge is 0.211 e. The van der Waals surface area contributed by atoms with Crippen LogP contribution in [0.3, 0.4) is 0 Å². The van der Waals surface area contributed by atoms with E-state index in [9.17, 15) is 8.42 Å². The van der Waals surface area contributed by atoms with Crippen molar-refractivity contribution in [2.75, 3.05) is 25.4 Å². The number of hydrogen-bond donors (Lipinski definition) is 1. The Morgan fingerprint density at radius 3 is 2.36 bits per heavy atom. The summed E-state index contributed by atoms with van der Waals surface area (Å²) in [6, 6.07) is 2.04. The van der Waals surface area contributed by atoms with Crippen LogP contribution in [-0.2, 0) is 10.0 Å². The lowest BCUT2D eigenvalue weighted by Crippen LogP contribution is -2.56. The molecule has 0 amide bonds. The molecule has 1 aliphatic rings. The van der Waals surface area contributed by atoms with Crippen LogP contribution in [0.25, 0.3) is 0 Å². The zero-order chi connectivity index (χ0) is 16.8. The van der Waals surface area contributed by atoms with Gasteiger partial charge >= 0.3 is 0 Å². The van der Waals surface area contributed by atoms with E-state index in [1.165, 1.54) is 6.42 Å². The normalized spacial score (nSPS) is 24.1. The Morgan fingerprint density at radius 2 is 1.82 bits per heavy atom. The highest BCUT2D eigenvalue weighted by atomic mass is 32.2. The van der Waals surface area contributed by atoms with E-state index in [0.717, 1.165) is 13.1 Å². The minimum absolute atomic E-state index is 0.109. The molecule has 1 fully saturated rings. The zero-order valence-corrected chi connectivity index (χ0v) is 15.2. The number of likely N-dealkylation sites (tertiary alicyclic amines) is 1. The third kappa shape index (κ3) is 6.64. The van der Waals surface area contributed by atoms with Gasteiger partial charge in [-0.05, 0) is 44.9 Å². The highest BCUT2D eigenvalue weighted by Crippen LogP contribution is 2.26. The third-order valence-corrected chi connectivity index (χ3v) is 5.81. The van der Waals surface area contributed by atoms with Crippen LogP contribution >= 0.6 is 0 Å². The van der Waals surface area contributed by atoms with Gasteiger partial charge in [0.15, 0.2) is 0 Å². The molecule has 0 unspecified atom stereocenters. The Hall–Kier alpha value is -0.640. The van der Waals surface area contributed by atoms with Crippen molar-refractivity contribution < 1.29 is 8.42 Å². The van der Waals surface area contributed by atoms with E-state index in [4.69, 9.17) is 5.26 Å². The molecule has 0 radical (unpaired) electrons. The summed E-state index contributed by atoms with van der Waals surface area (Å²) in [5.74, 6) is 1.42. The molecular weight excluding hydrogens is 298 g/mol. The topological polar surface area (TPSA) is 73.2 Å². The predicted molar refractivity (Wildman–Crippen MR) is 89.9 cm³/mol. The maximum atomic E-state index is 12.0. The van der Waals surface area contributed by atoms with Gasteiger partial charge in [-0.3, -0.25) is 4.90 Å². The molecule has 128 valence electrons. The minimum atomic E-state index is -3.25. The Labute approximate surface area is 136 Å². The van der Waals surface area contributed by atoms with Gasteiger partial charge in [-0.25, -0.2) is 13.1 Å². The highest BCUT2D eigenvalue weighted by molar-refractivity contribution is 7.89. The van der Waals surface area contributed by atoms with Gasteiger partial charge in [0, 0.05) is 31.6 Å². The molecule has 0 aromatic rings. The number of nitriles is 1.